The molecule has 10 nitrogen and oxygen atoms in total. The highest BCUT2D eigenvalue weighted by molar-refractivity contribution is 7.89. The summed E-state index contributed by atoms with van der Waals surface area (Å²) in [5.74, 6) is 0.637. The molecule has 3 aromatic carbocycles. The van der Waals surface area contributed by atoms with Crippen molar-refractivity contribution in [3.05, 3.63) is 82.9 Å². The van der Waals surface area contributed by atoms with Crippen LogP contribution in [-0.4, -0.2) is 63.1 Å². The van der Waals surface area contributed by atoms with Gasteiger partial charge in [-0.1, -0.05) is 37.3 Å². The minimum Gasteiger partial charge on any atom is -0.493 e. The molecule has 0 amide bonds. The van der Waals surface area contributed by atoms with Crippen LogP contribution in [0.5, 0.6) is 5.75 Å². The number of aliphatic hydroxyl groups is 1. The van der Waals surface area contributed by atoms with Crippen LogP contribution in [-0.2, 0) is 16.6 Å². The second kappa shape index (κ2) is 11.1. The summed E-state index contributed by atoms with van der Waals surface area (Å²) in [4.78, 5) is 25.6. The van der Waals surface area contributed by atoms with Crippen LogP contribution in [0, 0.1) is 0 Å². The van der Waals surface area contributed by atoms with Crippen molar-refractivity contribution in [2.45, 2.75) is 43.7 Å². The fourth-order valence-electron chi connectivity index (χ4n) is 5.15. The predicted octanol–water partition coefficient (Wildman–Crippen LogP) is 3.92. The summed E-state index contributed by atoms with van der Waals surface area (Å²) < 4.78 is 36.2. The molecule has 0 saturated carbocycles. The van der Waals surface area contributed by atoms with Crippen LogP contribution in [0.15, 0.2) is 76.7 Å². The van der Waals surface area contributed by atoms with Gasteiger partial charge in [-0.05, 0) is 55.2 Å². The fourth-order valence-corrected chi connectivity index (χ4v) is 6.65. The molecule has 0 bridgehead atoms. The Morgan fingerprint density at radius 2 is 1.83 bits per heavy atom. The lowest BCUT2D eigenvalue weighted by atomic mass is 10.1. The van der Waals surface area contributed by atoms with Gasteiger partial charge in [-0.3, -0.25) is 4.79 Å². The number of aliphatic hydroxyl groups excluding tert-OH is 1. The topological polar surface area (TPSA) is 130 Å². The Hall–Kier alpha value is -4.06. The van der Waals surface area contributed by atoms with Gasteiger partial charge in [0.1, 0.15) is 11.6 Å². The Morgan fingerprint density at radius 3 is 2.59 bits per heavy atom. The van der Waals surface area contributed by atoms with Gasteiger partial charge < -0.3 is 19.4 Å². The Labute approximate surface area is 237 Å². The standard InChI is InChI=1S/C30H31N5O5S/c1-2-14-40-28-9-8-22(41(38,39)35-12-10-21(36)11-13-35)15-24(28)29-32-25-17-26-27(16-23(25)30(37)33-29)34(19-31-26)18-20-6-4-3-5-7-20/h3-9,15-17,19,21,36H,2,10-14,18H2,1H3,(H,32,33,37). The van der Waals surface area contributed by atoms with Crippen molar-refractivity contribution in [1.82, 2.24) is 23.8 Å². The highest BCUT2D eigenvalue weighted by Crippen LogP contribution is 2.33. The maximum Gasteiger partial charge on any atom is 0.259 e. The molecule has 3 heterocycles. The van der Waals surface area contributed by atoms with Gasteiger partial charge >= 0.3 is 0 Å². The summed E-state index contributed by atoms with van der Waals surface area (Å²) in [6, 6.07) is 18.2. The van der Waals surface area contributed by atoms with Crippen LogP contribution < -0.4 is 10.3 Å². The van der Waals surface area contributed by atoms with E-state index in [1.54, 1.807) is 24.5 Å². The van der Waals surface area contributed by atoms with Crippen LogP contribution >= 0.6 is 0 Å². The number of nitrogens with one attached hydrogen (secondary N) is 1. The number of aromatic nitrogens is 4. The van der Waals surface area contributed by atoms with Gasteiger partial charge in [0.25, 0.3) is 5.56 Å². The average molecular weight is 574 g/mol. The quantitative estimate of drug-likeness (QED) is 0.288. The summed E-state index contributed by atoms with van der Waals surface area (Å²) in [5.41, 5.74) is 3.10. The molecule has 212 valence electrons. The van der Waals surface area contributed by atoms with E-state index in [9.17, 15) is 18.3 Å². The molecule has 2 aromatic heterocycles. The van der Waals surface area contributed by atoms with Gasteiger partial charge in [-0.15, -0.1) is 0 Å². The highest BCUT2D eigenvalue weighted by atomic mass is 32.2. The van der Waals surface area contributed by atoms with Crippen LogP contribution in [0.3, 0.4) is 0 Å². The monoisotopic (exact) mass is 573 g/mol. The van der Waals surface area contributed by atoms with E-state index < -0.39 is 16.1 Å². The number of sulfonamides is 1. The summed E-state index contributed by atoms with van der Waals surface area (Å²) in [6.07, 6.45) is 2.78. The molecule has 0 aliphatic carbocycles. The summed E-state index contributed by atoms with van der Waals surface area (Å²) >= 11 is 0. The third-order valence-electron chi connectivity index (χ3n) is 7.37. The first kappa shape index (κ1) is 27.1. The molecule has 0 atom stereocenters. The van der Waals surface area contributed by atoms with Gasteiger partial charge in [0, 0.05) is 19.6 Å². The van der Waals surface area contributed by atoms with Crippen molar-refractivity contribution in [3.63, 3.8) is 0 Å². The first-order valence-corrected chi connectivity index (χ1v) is 15.2. The molecule has 0 radical (unpaired) electrons. The van der Waals surface area contributed by atoms with Crippen molar-refractivity contribution >= 4 is 32.0 Å². The minimum atomic E-state index is -3.82. The maximum atomic E-state index is 13.5. The van der Waals surface area contributed by atoms with E-state index in [2.05, 4.69) is 9.97 Å². The van der Waals surface area contributed by atoms with Gasteiger partial charge in [-0.25, -0.2) is 18.4 Å². The number of H-pyrrole nitrogens is 1. The lowest BCUT2D eigenvalue weighted by Crippen LogP contribution is -2.40. The Morgan fingerprint density at radius 1 is 1.05 bits per heavy atom. The molecule has 2 N–H and O–H groups in total. The molecule has 6 rings (SSSR count). The van der Waals surface area contributed by atoms with E-state index in [0.29, 0.717) is 53.7 Å². The predicted molar refractivity (Wildman–Crippen MR) is 156 cm³/mol. The molecular weight excluding hydrogens is 542 g/mol. The third-order valence-corrected chi connectivity index (χ3v) is 9.27. The molecule has 11 heteroatoms. The number of hydrogen-bond acceptors (Lipinski definition) is 7. The van der Waals surface area contributed by atoms with Crippen molar-refractivity contribution in [3.8, 4) is 17.1 Å². The lowest BCUT2D eigenvalue weighted by Gasteiger charge is -2.29. The molecule has 1 saturated heterocycles. The van der Waals surface area contributed by atoms with Gasteiger partial charge in [0.05, 0.1) is 51.4 Å². The zero-order chi connectivity index (χ0) is 28.6. The number of nitrogens with zero attached hydrogens (tertiary/aromatic N) is 4. The smallest absolute Gasteiger partial charge is 0.259 e. The second-order valence-electron chi connectivity index (χ2n) is 10.3. The Kier molecular flexibility index (Phi) is 7.33. The molecule has 0 unspecified atom stereocenters. The summed E-state index contributed by atoms with van der Waals surface area (Å²) in [6.45, 7) is 3.49. The number of hydrogen-bond donors (Lipinski definition) is 2. The van der Waals surface area contributed by atoms with E-state index in [1.165, 1.54) is 16.4 Å². The number of rotatable bonds is 8. The fraction of sp³-hybridized carbons (Fsp3) is 0.300. The molecule has 41 heavy (non-hydrogen) atoms. The van der Waals surface area contributed by atoms with Gasteiger partial charge in [-0.2, -0.15) is 4.31 Å². The SMILES string of the molecule is CCCOc1ccc(S(=O)(=O)N2CCC(O)CC2)cc1-c1nc2cc3ncn(Cc4ccccc4)c3cc2c(=O)[nH]1. The number of piperidine rings is 1. The molecule has 0 spiro atoms. The van der Waals surface area contributed by atoms with Crippen LogP contribution in [0.1, 0.15) is 31.7 Å². The third kappa shape index (κ3) is 5.35. The zero-order valence-electron chi connectivity index (χ0n) is 22.7. The number of ether oxygens (including phenoxy) is 1. The molecule has 1 aliphatic rings. The molecular formula is C30H31N5O5S. The molecule has 1 aliphatic heterocycles. The minimum absolute atomic E-state index is 0.0746. The molecule has 1 fully saturated rings. The average Bonchev–Trinajstić information content (AvgIpc) is 3.37. The van der Waals surface area contributed by atoms with Crippen molar-refractivity contribution < 1.29 is 18.3 Å². The van der Waals surface area contributed by atoms with E-state index in [1.807, 2.05) is 41.8 Å². The van der Waals surface area contributed by atoms with Crippen molar-refractivity contribution in [1.29, 1.82) is 0 Å². The van der Waals surface area contributed by atoms with Crippen LogP contribution in [0.4, 0.5) is 0 Å². The summed E-state index contributed by atoms with van der Waals surface area (Å²) in [7, 11) is -3.82. The van der Waals surface area contributed by atoms with Crippen LogP contribution in [0.2, 0.25) is 0 Å². The lowest BCUT2D eigenvalue weighted by molar-refractivity contribution is 0.113. The van der Waals surface area contributed by atoms with Gasteiger partial charge in [0.15, 0.2) is 0 Å². The normalized spacial score (nSPS) is 15.1. The number of aromatic amines is 1. The number of benzene rings is 3. The number of imidazole rings is 1. The highest BCUT2D eigenvalue weighted by Gasteiger charge is 2.29. The maximum absolute atomic E-state index is 13.5. The Balaban J connectivity index is 1.42. The zero-order valence-corrected chi connectivity index (χ0v) is 23.5. The largest absolute Gasteiger partial charge is 0.493 e. The first-order chi connectivity index (χ1) is 19.8. The van der Waals surface area contributed by atoms with Crippen molar-refractivity contribution in [2.24, 2.45) is 0 Å². The van der Waals surface area contributed by atoms with Gasteiger partial charge in [0.2, 0.25) is 10.0 Å². The number of fused-ring (bicyclic) bond motifs is 2. The van der Waals surface area contributed by atoms with E-state index in [-0.39, 0.29) is 29.4 Å². The van der Waals surface area contributed by atoms with E-state index in [0.717, 1.165) is 17.5 Å². The first-order valence-electron chi connectivity index (χ1n) is 13.7. The van der Waals surface area contributed by atoms with E-state index >= 15 is 0 Å². The molecule has 5 aromatic rings. The second-order valence-corrected chi connectivity index (χ2v) is 12.2. The van der Waals surface area contributed by atoms with E-state index in [4.69, 9.17) is 9.72 Å². The Bertz CT molecular complexity index is 1880. The summed E-state index contributed by atoms with van der Waals surface area (Å²) in [5, 5.41) is 10.2. The van der Waals surface area contributed by atoms with Crippen LogP contribution in [0.25, 0.3) is 33.3 Å². The van der Waals surface area contributed by atoms with Crippen molar-refractivity contribution in [2.75, 3.05) is 19.7 Å².